The van der Waals surface area contributed by atoms with Crippen LogP contribution in [0.15, 0.2) is 48.5 Å². The number of hydrogen-bond donors (Lipinski definition) is 1. The van der Waals surface area contributed by atoms with Crippen LogP contribution in [0.3, 0.4) is 0 Å². The van der Waals surface area contributed by atoms with Gasteiger partial charge in [0.2, 0.25) is 0 Å². The molecule has 3 heteroatoms. The summed E-state index contributed by atoms with van der Waals surface area (Å²) in [4.78, 5) is 0. The lowest BCUT2D eigenvalue weighted by atomic mass is 9.83. The fourth-order valence-corrected chi connectivity index (χ4v) is 3.08. The van der Waals surface area contributed by atoms with Crippen molar-refractivity contribution < 1.29 is 13.9 Å². The molecule has 0 heterocycles. The first kappa shape index (κ1) is 14.8. The molecule has 1 nitrogen and oxygen atoms in total. The van der Waals surface area contributed by atoms with Gasteiger partial charge in [0.25, 0.3) is 0 Å². The SMILES string of the molecule is Oc1cc(F)c(F)c(C[C@H]2CC=C(c3ccccc3)CC2)c1. The summed E-state index contributed by atoms with van der Waals surface area (Å²) in [7, 11) is 0. The van der Waals surface area contributed by atoms with Crippen molar-refractivity contribution in [1.29, 1.82) is 0 Å². The number of rotatable bonds is 3. The quantitative estimate of drug-likeness (QED) is 0.836. The van der Waals surface area contributed by atoms with Crippen LogP contribution >= 0.6 is 0 Å². The minimum Gasteiger partial charge on any atom is -0.508 e. The Morgan fingerprint density at radius 2 is 1.86 bits per heavy atom. The molecule has 0 amide bonds. The van der Waals surface area contributed by atoms with Gasteiger partial charge in [-0.05, 0) is 54.4 Å². The zero-order valence-electron chi connectivity index (χ0n) is 12.2. The molecule has 0 bridgehead atoms. The van der Waals surface area contributed by atoms with E-state index in [0.717, 1.165) is 25.3 Å². The number of hydrogen-bond acceptors (Lipinski definition) is 1. The second-order valence-corrected chi connectivity index (χ2v) is 5.84. The summed E-state index contributed by atoms with van der Waals surface area (Å²) in [6.07, 6.45) is 5.38. The topological polar surface area (TPSA) is 20.2 Å². The Balaban J connectivity index is 1.71. The van der Waals surface area contributed by atoms with Gasteiger partial charge in [0.05, 0.1) is 0 Å². The molecule has 0 fully saturated rings. The van der Waals surface area contributed by atoms with Crippen LogP contribution in [0.1, 0.15) is 30.4 Å². The molecule has 0 spiro atoms. The molecule has 22 heavy (non-hydrogen) atoms. The van der Waals surface area contributed by atoms with Gasteiger partial charge in [-0.25, -0.2) is 8.78 Å². The molecule has 1 N–H and O–H groups in total. The van der Waals surface area contributed by atoms with Gasteiger partial charge < -0.3 is 5.11 Å². The van der Waals surface area contributed by atoms with E-state index in [1.54, 1.807) is 0 Å². The molecule has 0 aromatic heterocycles. The zero-order valence-corrected chi connectivity index (χ0v) is 12.2. The third-order valence-electron chi connectivity index (χ3n) is 4.26. The fraction of sp³-hybridized carbons (Fsp3) is 0.263. The van der Waals surface area contributed by atoms with E-state index in [9.17, 15) is 13.9 Å². The maximum absolute atomic E-state index is 13.8. The van der Waals surface area contributed by atoms with E-state index in [-0.39, 0.29) is 17.2 Å². The molecule has 1 aliphatic rings. The largest absolute Gasteiger partial charge is 0.508 e. The van der Waals surface area contributed by atoms with E-state index >= 15 is 0 Å². The van der Waals surface area contributed by atoms with Crippen molar-refractivity contribution in [3.8, 4) is 5.75 Å². The Morgan fingerprint density at radius 3 is 2.55 bits per heavy atom. The average molecular weight is 300 g/mol. The lowest BCUT2D eigenvalue weighted by Crippen LogP contribution is -2.10. The van der Waals surface area contributed by atoms with E-state index in [1.807, 2.05) is 18.2 Å². The third kappa shape index (κ3) is 3.19. The van der Waals surface area contributed by atoms with Crippen LogP contribution in [0.5, 0.6) is 5.75 Å². The zero-order chi connectivity index (χ0) is 15.5. The van der Waals surface area contributed by atoms with Crippen molar-refractivity contribution >= 4 is 5.57 Å². The molecule has 1 atom stereocenters. The third-order valence-corrected chi connectivity index (χ3v) is 4.26. The van der Waals surface area contributed by atoms with Gasteiger partial charge >= 0.3 is 0 Å². The molecule has 1 aliphatic carbocycles. The Kier molecular flexibility index (Phi) is 4.23. The summed E-state index contributed by atoms with van der Waals surface area (Å²) in [5.74, 6) is -1.75. The van der Waals surface area contributed by atoms with E-state index in [0.29, 0.717) is 6.42 Å². The molecule has 0 aliphatic heterocycles. The van der Waals surface area contributed by atoms with Crippen LogP contribution in [0, 0.1) is 17.6 Å². The first-order valence-corrected chi connectivity index (χ1v) is 7.55. The van der Waals surface area contributed by atoms with Crippen LogP contribution in [-0.4, -0.2) is 5.11 Å². The predicted molar refractivity (Wildman–Crippen MR) is 83.5 cm³/mol. The average Bonchev–Trinajstić information content (AvgIpc) is 2.54. The van der Waals surface area contributed by atoms with Gasteiger partial charge in [0.1, 0.15) is 5.75 Å². The molecule has 0 saturated heterocycles. The Morgan fingerprint density at radius 1 is 1.09 bits per heavy atom. The van der Waals surface area contributed by atoms with Gasteiger partial charge in [-0.15, -0.1) is 0 Å². The number of phenolic OH excluding ortho intramolecular Hbond substituents is 1. The summed E-state index contributed by atoms with van der Waals surface area (Å²) in [6.45, 7) is 0. The fourth-order valence-electron chi connectivity index (χ4n) is 3.08. The maximum Gasteiger partial charge on any atom is 0.162 e. The Bertz CT molecular complexity index is 692. The van der Waals surface area contributed by atoms with Crippen LogP contribution in [0.4, 0.5) is 8.78 Å². The van der Waals surface area contributed by atoms with Crippen LogP contribution in [0.2, 0.25) is 0 Å². The van der Waals surface area contributed by atoms with Crippen molar-refractivity contribution in [2.45, 2.75) is 25.7 Å². The summed E-state index contributed by atoms with van der Waals surface area (Å²) in [6, 6.07) is 12.4. The van der Waals surface area contributed by atoms with Crippen molar-refractivity contribution in [2.24, 2.45) is 5.92 Å². The summed E-state index contributed by atoms with van der Waals surface area (Å²) >= 11 is 0. The lowest BCUT2D eigenvalue weighted by Gasteiger charge is -2.22. The minimum absolute atomic E-state index is 0.217. The lowest BCUT2D eigenvalue weighted by molar-refractivity contribution is 0.432. The van der Waals surface area contributed by atoms with Crippen molar-refractivity contribution in [1.82, 2.24) is 0 Å². The molecule has 3 rings (SSSR count). The highest BCUT2D eigenvalue weighted by molar-refractivity contribution is 5.66. The van der Waals surface area contributed by atoms with Gasteiger partial charge in [0.15, 0.2) is 11.6 Å². The number of phenols is 1. The first-order chi connectivity index (χ1) is 10.6. The second-order valence-electron chi connectivity index (χ2n) is 5.84. The van der Waals surface area contributed by atoms with Gasteiger partial charge in [0, 0.05) is 6.07 Å². The molecular weight excluding hydrogens is 282 g/mol. The van der Waals surface area contributed by atoms with Crippen molar-refractivity contribution in [3.63, 3.8) is 0 Å². The molecule has 0 radical (unpaired) electrons. The molecule has 0 saturated carbocycles. The normalized spacial score (nSPS) is 18.1. The maximum atomic E-state index is 13.8. The molecule has 2 aromatic carbocycles. The van der Waals surface area contributed by atoms with E-state index < -0.39 is 11.6 Å². The molecular formula is C19H18F2O. The summed E-state index contributed by atoms with van der Waals surface area (Å²) in [5.41, 5.74) is 2.81. The van der Waals surface area contributed by atoms with Gasteiger partial charge in [-0.2, -0.15) is 0 Å². The molecule has 2 aromatic rings. The highest BCUT2D eigenvalue weighted by Crippen LogP contribution is 2.33. The number of halogens is 2. The number of allylic oxidation sites excluding steroid dienone is 2. The monoisotopic (exact) mass is 300 g/mol. The Labute approximate surface area is 128 Å². The van der Waals surface area contributed by atoms with E-state index in [1.165, 1.54) is 17.2 Å². The van der Waals surface area contributed by atoms with E-state index in [2.05, 4.69) is 18.2 Å². The minimum atomic E-state index is -0.980. The standard InChI is InChI=1S/C19H18F2O/c20-18-12-17(22)11-16(19(18)21)10-13-6-8-15(9-7-13)14-4-2-1-3-5-14/h1-5,8,11-13,22H,6-7,9-10H2/t13-/m0/s1. The molecule has 0 unspecified atom stereocenters. The highest BCUT2D eigenvalue weighted by Gasteiger charge is 2.19. The predicted octanol–water partition coefficient (Wildman–Crippen LogP) is 5.10. The molecule has 114 valence electrons. The van der Waals surface area contributed by atoms with Crippen molar-refractivity contribution in [3.05, 3.63) is 71.3 Å². The second kappa shape index (κ2) is 6.30. The number of benzene rings is 2. The summed E-state index contributed by atoms with van der Waals surface area (Å²) in [5, 5.41) is 9.42. The van der Waals surface area contributed by atoms with E-state index in [4.69, 9.17) is 0 Å². The van der Waals surface area contributed by atoms with Gasteiger partial charge in [-0.1, -0.05) is 36.4 Å². The van der Waals surface area contributed by atoms with Gasteiger partial charge in [-0.3, -0.25) is 0 Å². The summed E-state index contributed by atoms with van der Waals surface area (Å²) < 4.78 is 27.1. The van der Waals surface area contributed by atoms with Crippen molar-refractivity contribution in [2.75, 3.05) is 0 Å². The Hall–Kier alpha value is -2.16. The first-order valence-electron chi connectivity index (χ1n) is 7.55. The van der Waals surface area contributed by atoms with Crippen LogP contribution < -0.4 is 0 Å². The van der Waals surface area contributed by atoms with Crippen LogP contribution in [0.25, 0.3) is 5.57 Å². The highest BCUT2D eigenvalue weighted by atomic mass is 19.2. The van der Waals surface area contributed by atoms with Crippen LogP contribution in [-0.2, 0) is 6.42 Å². The number of aromatic hydroxyl groups is 1. The smallest absolute Gasteiger partial charge is 0.162 e.